The molecule has 1 aromatic carbocycles. The number of methoxy groups -OCH3 is 2. The maximum absolute atomic E-state index is 12.1. The van der Waals surface area contributed by atoms with Crippen LogP contribution < -0.4 is 10.5 Å². The number of nitrogens with two attached hydrogens (primary N) is 1. The van der Waals surface area contributed by atoms with Crippen molar-refractivity contribution < 1.29 is 14.3 Å². The van der Waals surface area contributed by atoms with Crippen molar-refractivity contribution >= 4 is 5.91 Å². The molecule has 5 heteroatoms. The van der Waals surface area contributed by atoms with E-state index in [9.17, 15) is 4.79 Å². The summed E-state index contributed by atoms with van der Waals surface area (Å²) in [5.74, 6) is 0.676. The Morgan fingerprint density at radius 2 is 2.05 bits per heavy atom. The quantitative estimate of drug-likeness (QED) is 0.800. The zero-order valence-corrected chi connectivity index (χ0v) is 11.8. The number of rotatable bonds is 7. The van der Waals surface area contributed by atoms with Crippen LogP contribution in [0.25, 0.3) is 0 Å². The molecule has 0 saturated carbocycles. The molecule has 1 rings (SSSR count). The van der Waals surface area contributed by atoms with Gasteiger partial charge in [0.25, 0.3) is 0 Å². The molecule has 0 saturated heterocycles. The number of hydrogen-bond acceptors (Lipinski definition) is 4. The molecule has 19 heavy (non-hydrogen) atoms. The molecule has 5 nitrogen and oxygen atoms in total. The minimum atomic E-state index is -0.528. The van der Waals surface area contributed by atoms with Gasteiger partial charge in [0.2, 0.25) is 5.91 Å². The highest BCUT2D eigenvalue weighted by Gasteiger charge is 2.18. The monoisotopic (exact) mass is 266 g/mol. The molecule has 0 heterocycles. The Kier molecular flexibility index (Phi) is 6.32. The second kappa shape index (κ2) is 7.76. The van der Waals surface area contributed by atoms with Crippen LogP contribution in [0, 0.1) is 0 Å². The van der Waals surface area contributed by atoms with Gasteiger partial charge in [0.15, 0.2) is 0 Å². The number of carbonyl (C=O) groups is 1. The predicted octanol–water partition coefficient (Wildman–Crippen LogP) is 1.02. The summed E-state index contributed by atoms with van der Waals surface area (Å²) in [5.41, 5.74) is 6.78. The highest BCUT2D eigenvalue weighted by Crippen LogP contribution is 2.18. The number of ether oxygens (including phenoxy) is 2. The summed E-state index contributed by atoms with van der Waals surface area (Å²) in [6.07, 6.45) is 0.519. The summed E-state index contributed by atoms with van der Waals surface area (Å²) >= 11 is 0. The molecule has 0 bridgehead atoms. The number of hydrogen-bond donors (Lipinski definition) is 1. The molecule has 0 radical (unpaired) electrons. The summed E-state index contributed by atoms with van der Waals surface area (Å²) in [5, 5.41) is 0. The Morgan fingerprint density at radius 3 is 2.68 bits per heavy atom. The van der Waals surface area contributed by atoms with Crippen LogP contribution in [0.3, 0.4) is 0 Å². The van der Waals surface area contributed by atoms with Crippen molar-refractivity contribution in [2.75, 3.05) is 27.9 Å². The van der Waals surface area contributed by atoms with E-state index in [0.29, 0.717) is 19.6 Å². The van der Waals surface area contributed by atoms with Gasteiger partial charge in [-0.15, -0.1) is 0 Å². The molecule has 2 N–H and O–H groups in total. The summed E-state index contributed by atoms with van der Waals surface area (Å²) < 4.78 is 10.2. The molecule has 1 amide bonds. The number of para-hydroxylation sites is 1. The van der Waals surface area contributed by atoms with Crippen molar-refractivity contribution in [1.29, 1.82) is 0 Å². The van der Waals surface area contributed by atoms with Crippen LogP contribution in [0.5, 0.6) is 5.75 Å². The van der Waals surface area contributed by atoms with E-state index in [2.05, 4.69) is 0 Å². The van der Waals surface area contributed by atoms with E-state index in [1.165, 1.54) is 0 Å². The fraction of sp³-hybridized carbons (Fsp3) is 0.500. The van der Waals surface area contributed by atoms with Crippen LogP contribution in [0.2, 0.25) is 0 Å². The number of benzene rings is 1. The summed E-state index contributed by atoms with van der Waals surface area (Å²) in [4.78, 5) is 13.7. The van der Waals surface area contributed by atoms with Crippen molar-refractivity contribution in [3.63, 3.8) is 0 Å². The van der Waals surface area contributed by atoms with Crippen LogP contribution in [0.4, 0.5) is 0 Å². The lowest BCUT2D eigenvalue weighted by Crippen LogP contribution is -2.42. The third-order valence-corrected chi connectivity index (χ3v) is 2.93. The zero-order chi connectivity index (χ0) is 14.3. The molecular formula is C14H22N2O3. The molecule has 1 aromatic rings. The minimum Gasteiger partial charge on any atom is -0.496 e. The Morgan fingerprint density at radius 1 is 1.37 bits per heavy atom. The van der Waals surface area contributed by atoms with Gasteiger partial charge in [0, 0.05) is 32.9 Å². The van der Waals surface area contributed by atoms with Gasteiger partial charge in [-0.25, -0.2) is 0 Å². The molecular weight excluding hydrogens is 244 g/mol. The number of amides is 1. The minimum absolute atomic E-state index is 0.0945. The van der Waals surface area contributed by atoms with Crippen molar-refractivity contribution in [3.8, 4) is 5.75 Å². The largest absolute Gasteiger partial charge is 0.496 e. The second-order valence-corrected chi connectivity index (χ2v) is 4.39. The van der Waals surface area contributed by atoms with E-state index in [1.807, 2.05) is 24.3 Å². The van der Waals surface area contributed by atoms with Gasteiger partial charge in [0.05, 0.1) is 13.2 Å². The molecule has 0 aliphatic rings. The Hall–Kier alpha value is -1.59. The fourth-order valence-corrected chi connectivity index (χ4v) is 1.82. The van der Waals surface area contributed by atoms with E-state index < -0.39 is 6.04 Å². The Labute approximate surface area is 114 Å². The topological polar surface area (TPSA) is 64.8 Å². The smallest absolute Gasteiger partial charge is 0.239 e. The standard InChI is InChI=1S/C14H22N2O3/c1-16(14(17)12(15)8-9-18-2)10-11-6-4-5-7-13(11)19-3/h4-7,12H,8-10,15H2,1-3H3. The summed E-state index contributed by atoms with van der Waals surface area (Å²) in [6.45, 7) is 0.957. The van der Waals surface area contributed by atoms with Gasteiger partial charge >= 0.3 is 0 Å². The van der Waals surface area contributed by atoms with Gasteiger partial charge in [-0.2, -0.15) is 0 Å². The molecule has 1 atom stereocenters. The number of nitrogens with zero attached hydrogens (tertiary/aromatic N) is 1. The van der Waals surface area contributed by atoms with E-state index in [1.54, 1.807) is 26.2 Å². The van der Waals surface area contributed by atoms with Crippen LogP contribution in [0.1, 0.15) is 12.0 Å². The summed E-state index contributed by atoms with van der Waals surface area (Å²) in [6, 6.07) is 7.09. The van der Waals surface area contributed by atoms with Crippen LogP contribution in [0.15, 0.2) is 24.3 Å². The van der Waals surface area contributed by atoms with Crippen molar-refractivity contribution in [2.24, 2.45) is 5.73 Å². The first-order chi connectivity index (χ1) is 9.10. The lowest BCUT2D eigenvalue weighted by atomic mass is 10.1. The van der Waals surface area contributed by atoms with E-state index in [4.69, 9.17) is 15.2 Å². The fourth-order valence-electron chi connectivity index (χ4n) is 1.82. The maximum Gasteiger partial charge on any atom is 0.239 e. The highest BCUT2D eigenvalue weighted by atomic mass is 16.5. The molecule has 0 aliphatic heterocycles. The first-order valence-electron chi connectivity index (χ1n) is 6.21. The lowest BCUT2D eigenvalue weighted by molar-refractivity contribution is -0.132. The zero-order valence-electron chi connectivity index (χ0n) is 11.8. The van der Waals surface area contributed by atoms with E-state index in [-0.39, 0.29) is 5.91 Å². The van der Waals surface area contributed by atoms with Gasteiger partial charge in [-0.1, -0.05) is 18.2 Å². The second-order valence-electron chi connectivity index (χ2n) is 4.39. The Bertz CT molecular complexity index is 409. The third-order valence-electron chi connectivity index (χ3n) is 2.93. The van der Waals surface area contributed by atoms with Gasteiger partial charge in [-0.05, 0) is 12.5 Å². The molecule has 0 aromatic heterocycles. The average molecular weight is 266 g/mol. The van der Waals surface area contributed by atoms with Gasteiger partial charge < -0.3 is 20.1 Å². The summed E-state index contributed by atoms with van der Waals surface area (Å²) in [7, 11) is 4.95. The first kappa shape index (κ1) is 15.5. The lowest BCUT2D eigenvalue weighted by Gasteiger charge is -2.22. The van der Waals surface area contributed by atoms with Crippen LogP contribution in [-0.2, 0) is 16.1 Å². The maximum atomic E-state index is 12.1. The van der Waals surface area contributed by atoms with E-state index in [0.717, 1.165) is 11.3 Å². The predicted molar refractivity (Wildman–Crippen MR) is 73.9 cm³/mol. The SMILES string of the molecule is COCCC(N)C(=O)N(C)Cc1ccccc1OC. The van der Waals surface area contributed by atoms with Crippen molar-refractivity contribution in [2.45, 2.75) is 19.0 Å². The third kappa shape index (κ3) is 4.54. The molecule has 1 unspecified atom stereocenters. The molecule has 0 fully saturated rings. The van der Waals surface area contributed by atoms with Gasteiger partial charge in [0.1, 0.15) is 5.75 Å². The number of likely N-dealkylation sites (N-methyl/N-ethyl adjacent to an activating group) is 1. The Balaban J connectivity index is 2.63. The van der Waals surface area contributed by atoms with Crippen LogP contribution >= 0.6 is 0 Å². The molecule has 0 spiro atoms. The molecule has 106 valence electrons. The van der Waals surface area contributed by atoms with Crippen LogP contribution in [-0.4, -0.2) is 44.7 Å². The normalized spacial score (nSPS) is 12.0. The van der Waals surface area contributed by atoms with Crippen molar-refractivity contribution in [1.82, 2.24) is 4.90 Å². The highest BCUT2D eigenvalue weighted by molar-refractivity contribution is 5.81. The van der Waals surface area contributed by atoms with E-state index >= 15 is 0 Å². The van der Waals surface area contributed by atoms with Gasteiger partial charge in [-0.3, -0.25) is 4.79 Å². The molecule has 0 aliphatic carbocycles. The average Bonchev–Trinajstić information content (AvgIpc) is 2.44. The van der Waals surface area contributed by atoms with Crippen molar-refractivity contribution in [3.05, 3.63) is 29.8 Å². The first-order valence-corrected chi connectivity index (χ1v) is 6.21. The number of carbonyl (C=O) groups excluding carboxylic acids is 1.